The Bertz CT molecular complexity index is 279. The third-order valence-corrected chi connectivity index (χ3v) is 2.34. The molecule has 11 heavy (non-hydrogen) atoms. The molecule has 1 fully saturated rings. The molecule has 0 saturated heterocycles. The number of halogens is 1. The highest BCUT2D eigenvalue weighted by atomic mass is 35.5. The zero-order valence-electron chi connectivity index (χ0n) is 6.47. The van der Waals surface area contributed by atoms with Crippen LogP contribution in [0.25, 0.3) is 0 Å². The lowest BCUT2D eigenvalue weighted by Gasteiger charge is -2.00. The van der Waals surface area contributed by atoms with E-state index in [0.29, 0.717) is 11.1 Å². The van der Waals surface area contributed by atoms with E-state index in [9.17, 15) is 0 Å². The average Bonchev–Trinajstić information content (AvgIpc) is 2.76. The maximum atomic E-state index is 5.92. The first-order valence-corrected chi connectivity index (χ1v) is 4.27. The summed E-state index contributed by atoms with van der Waals surface area (Å²) in [6.07, 6.45) is 4.38. The van der Waals surface area contributed by atoms with Gasteiger partial charge in [-0.1, -0.05) is 17.7 Å². The van der Waals surface area contributed by atoms with Crippen molar-refractivity contribution in [3.8, 4) is 0 Å². The highest BCUT2D eigenvalue weighted by Crippen LogP contribution is 2.42. The molecule has 1 saturated carbocycles. The van der Waals surface area contributed by atoms with E-state index >= 15 is 0 Å². The summed E-state index contributed by atoms with van der Waals surface area (Å²) in [5.41, 5.74) is 2.45. The second-order valence-corrected chi connectivity index (χ2v) is 3.52. The van der Waals surface area contributed by atoms with Gasteiger partial charge < -0.3 is 0 Å². The summed E-state index contributed by atoms with van der Waals surface area (Å²) in [4.78, 5) is 4.11. The molecule has 1 aromatic rings. The highest BCUT2D eigenvalue weighted by molar-refractivity contribution is 6.30. The molecule has 0 aliphatic heterocycles. The Hall–Kier alpha value is -0.560. The molecule has 0 spiro atoms. The van der Waals surface area contributed by atoms with Gasteiger partial charge in [0.05, 0.1) is 0 Å². The molecule has 1 nitrogen and oxygen atoms in total. The summed E-state index contributed by atoms with van der Waals surface area (Å²) in [7, 11) is 0. The Kier molecular flexibility index (Phi) is 1.61. The molecule has 0 amide bonds. The minimum absolute atomic E-state index is 0.693. The van der Waals surface area contributed by atoms with Gasteiger partial charge in [-0.25, -0.2) is 4.98 Å². The molecule has 0 unspecified atom stereocenters. The van der Waals surface area contributed by atoms with Crippen molar-refractivity contribution < 1.29 is 0 Å². The van der Waals surface area contributed by atoms with Crippen LogP contribution in [0.5, 0.6) is 0 Å². The van der Waals surface area contributed by atoms with Crippen LogP contribution in [0.15, 0.2) is 12.3 Å². The molecule has 58 valence electrons. The van der Waals surface area contributed by atoms with Gasteiger partial charge in [0, 0.05) is 6.20 Å². The number of hydrogen-bond donors (Lipinski definition) is 0. The molecule has 0 bridgehead atoms. The molecule has 1 heterocycles. The van der Waals surface area contributed by atoms with Gasteiger partial charge in [0.15, 0.2) is 0 Å². The van der Waals surface area contributed by atoms with Crippen LogP contribution in [0.2, 0.25) is 5.15 Å². The maximum absolute atomic E-state index is 5.92. The third kappa shape index (κ3) is 1.38. The van der Waals surface area contributed by atoms with Gasteiger partial charge in [-0.05, 0) is 36.8 Å². The Morgan fingerprint density at radius 2 is 2.27 bits per heavy atom. The van der Waals surface area contributed by atoms with E-state index in [1.54, 1.807) is 0 Å². The Morgan fingerprint density at radius 3 is 2.91 bits per heavy atom. The van der Waals surface area contributed by atoms with Crippen molar-refractivity contribution >= 4 is 11.6 Å². The smallest absolute Gasteiger partial charge is 0.132 e. The van der Waals surface area contributed by atoms with Crippen molar-refractivity contribution in [2.45, 2.75) is 25.7 Å². The lowest BCUT2D eigenvalue weighted by atomic mass is 10.1. The second kappa shape index (κ2) is 2.49. The zero-order chi connectivity index (χ0) is 7.84. The first-order valence-electron chi connectivity index (χ1n) is 3.89. The van der Waals surface area contributed by atoms with E-state index in [1.165, 1.54) is 24.0 Å². The van der Waals surface area contributed by atoms with Crippen molar-refractivity contribution in [2.24, 2.45) is 0 Å². The van der Waals surface area contributed by atoms with Crippen molar-refractivity contribution in [1.29, 1.82) is 0 Å². The van der Waals surface area contributed by atoms with E-state index in [0.717, 1.165) is 0 Å². The lowest BCUT2D eigenvalue weighted by molar-refractivity contribution is 1.08. The molecule has 1 aliphatic rings. The van der Waals surface area contributed by atoms with E-state index in [4.69, 9.17) is 11.6 Å². The second-order valence-electron chi connectivity index (χ2n) is 3.17. The molecule has 0 N–H and O–H groups in total. The molecular weight excluding hydrogens is 158 g/mol. The van der Waals surface area contributed by atoms with Crippen LogP contribution in [0, 0.1) is 6.92 Å². The van der Waals surface area contributed by atoms with Crippen LogP contribution >= 0.6 is 11.6 Å². The molecule has 1 aromatic heterocycles. The Morgan fingerprint density at radius 1 is 1.55 bits per heavy atom. The first-order chi connectivity index (χ1) is 5.27. The van der Waals surface area contributed by atoms with Gasteiger partial charge in [0.1, 0.15) is 5.15 Å². The summed E-state index contributed by atoms with van der Waals surface area (Å²) in [5, 5.41) is 0.693. The molecule has 2 heteroatoms. The fourth-order valence-corrected chi connectivity index (χ4v) is 1.51. The Balaban J connectivity index is 2.42. The standard InChI is InChI=1S/C9H10ClN/c1-6-4-8(7-2-3-7)9(10)11-5-6/h4-5,7H,2-3H2,1H3. The summed E-state index contributed by atoms with van der Waals surface area (Å²) >= 11 is 5.92. The van der Waals surface area contributed by atoms with E-state index in [1.807, 2.05) is 6.20 Å². The molecule has 0 aromatic carbocycles. The predicted molar refractivity (Wildman–Crippen MR) is 46.0 cm³/mol. The summed E-state index contributed by atoms with van der Waals surface area (Å²) < 4.78 is 0. The van der Waals surface area contributed by atoms with Crippen molar-refractivity contribution in [1.82, 2.24) is 4.98 Å². The topological polar surface area (TPSA) is 12.9 Å². The van der Waals surface area contributed by atoms with Crippen molar-refractivity contribution in [2.75, 3.05) is 0 Å². The number of aryl methyl sites for hydroxylation is 1. The maximum Gasteiger partial charge on any atom is 0.132 e. The molecular formula is C9H10ClN. The average molecular weight is 168 g/mol. The number of rotatable bonds is 1. The fraction of sp³-hybridized carbons (Fsp3) is 0.444. The van der Waals surface area contributed by atoms with Gasteiger partial charge in [-0.2, -0.15) is 0 Å². The van der Waals surface area contributed by atoms with E-state index in [2.05, 4.69) is 18.0 Å². The minimum Gasteiger partial charge on any atom is -0.244 e. The number of nitrogens with zero attached hydrogens (tertiary/aromatic N) is 1. The molecule has 1 aliphatic carbocycles. The van der Waals surface area contributed by atoms with E-state index < -0.39 is 0 Å². The van der Waals surface area contributed by atoms with Crippen molar-refractivity contribution in [3.05, 3.63) is 28.5 Å². The Labute approximate surface area is 71.4 Å². The van der Waals surface area contributed by atoms with Crippen LogP contribution in [-0.2, 0) is 0 Å². The third-order valence-electron chi connectivity index (χ3n) is 2.02. The minimum atomic E-state index is 0.693. The van der Waals surface area contributed by atoms with Crippen LogP contribution in [0.4, 0.5) is 0 Å². The largest absolute Gasteiger partial charge is 0.244 e. The molecule has 0 atom stereocenters. The zero-order valence-corrected chi connectivity index (χ0v) is 7.23. The number of hydrogen-bond acceptors (Lipinski definition) is 1. The van der Waals surface area contributed by atoms with Gasteiger partial charge >= 0.3 is 0 Å². The molecule has 0 radical (unpaired) electrons. The summed E-state index contributed by atoms with van der Waals surface area (Å²) in [6.45, 7) is 2.05. The fourth-order valence-electron chi connectivity index (χ4n) is 1.26. The van der Waals surface area contributed by atoms with Crippen LogP contribution < -0.4 is 0 Å². The summed E-state index contributed by atoms with van der Waals surface area (Å²) in [5.74, 6) is 0.704. The first kappa shape index (κ1) is 7.11. The van der Waals surface area contributed by atoms with E-state index in [-0.39, 0.29) is 0 Å². The van der Waals surface area contributed by atoms with Gasteiger partial charge in [-0.15, -0.1) is 0 Å². The highest BCUT2D eigenvalue weighted by Gasteiger charge is 2.26. The van der Waals surface area contributed by atoms with Crippen LogP contribution in [0.1, 0.15) is 29.9 Å². The number of aromatic nitrogens is 1. The lowest BCUT2D eigenvalue weighted by Crippen LogP contribution is -1.86. The van der Waals surface area contributed by atoms with Crippen LogP contribution in [-0.4, -0.2) is 4.98 Å². The van der Waals surface area contributed by atoms with Gasteiger partial charge in [0.25, 0.3) is 0 Å². The van der Waals surface area contributed by atoms with Gasteiger partial charge in [0.2, 0.25) is 0 Å². The number of pyridine rings is 1. The normalized spacial score (nSPS) is 16.9. The molecule has 2 rings (SSSR count). The monoisotopic (exact) mass is 167 g/mol. The van der Waals surface area contributed by atoms with Gasteiger partial charge in [-0.3, -0.25) is 0 Å². The SMILES string of the molecule is Cc1cnc(Cl)c(C2CC2)c1. The quantitative estimate of drug-likeness (QED) is 0.587. The predicted octanol–water partition coefficient (Wildman–Crippen LogP) is 2.92. The van der Waals surface area contributed by atoms with Crippen molar-refractivity contribution in [3.63, 3.8) is 0 Å². The summed E-state index contributed by atoms with van der Waals surface area (Å²) in [6, 6.07) is 2.15. The van der Waals surface area contributed by atoms with Crippen LogP contribution in [0.3, 0.4) is 0 Å².